The Hall–Kier alpha value is -3.56. The molecule has 1 aliphatic rings. The minimum Gasteiger partial charge on any atom is -0.351 e. The minimum atomic E-state index is -0.215. The molecular formula is C25H23ClN4O2. The van der Waals surface area contributed by atoms with E-state index in [1.54, 1.807) is 29.2 Å². The molecule has 2 heterocycles. The van der Waals surface area contributed by atoms with Crippen molar-refractivity contribution in [3.63, 3.8) is 0 Å². The van der Waals surface area contributed by atoms with Crippen molar-refractivity contribution in [2.75, 3.05) is 11.9 Å². The Morgan fingerprint density at radius 2 is 1.91 bits per heavy atom. The van der Waals surface area contributed by atoms with Gasteiger partial charge in [-0.3, -0.25) is 14.2 Å². The van der Waals surface area contributed by atoms with Gasteiger partial charge in [-0.15, -0.1) is 6.42 Å². The molecule has 0 radical (unpaired) electrons. The number of rotatable bonds is 5. The number of halogens is 1. The van der Waals surface area contributed by atoms with Gasteiger partial charge in [0.15, 0.2) is 0 Å². The van der Waals surface area contributed by atoms with Gasteiger partial charge in [-0.2, -0.15) is 0 Å². The van der Waals surface area contributed by atoms with Gasteiger partial charge in [-0.25, -0.2) is 4.98 Å². The number of terminal acetylenes is 1. The summed E-state index contributed by atoms with van der Waals surface area (Å²) in [6.45, 7) is 3.34. The Morgan fingerprint density at radius 3 is 2.59 bits per heavy atom. The van der Waals surface area contributed by atoms with Gasteiger partial charge in [0.2, 0.25) is 5.95 Å². The third-order valence-electron chi connectivity index (χ3n) is 5.51. The highest BCUT2D eigenvalue weighted by Gasteiger charge is 2.26. The first-order chi connectivity index (χ1) is 15.5. The second-order valence-electron chi connectivity index (χ2n) is 7.78. The summed E-state index contributed by atoms with van der Waals surface area (Å²) < 4.78 is 1.46. The Bertz CT molecular complexity index is 1240. The number of benzene rings is 2. The molecule has 1 aliphatic heterocycles. The van der Waals surface area contributed by atoms with Crippen molar-refractivity contribution in [2.24, 2.45) is 0 Å². The molecule has 0 atom stereocenters. The largest absolute Gasteiger partial charge is 0.351 e. The number of aryl methyl sites for hydroxylation is 1. The Labute approximate surface area is 191 Å². The van der Waals surface area contributed by atoms with E-state index in [9.17, 15) is 9.59 Å². The smallest absolute Gasteiger partial charge is 0.261 e. The van der Waals surface area contributed by atoms with Gasteiger partial charge < -0.3 is 10.2 Å². The van der Waals surface area contributed by atoms with Crippen LogP contribution in [0.1, 0.15) is 32.7 Å². The van der Waals surface area contributed by atoms with E-state index >= 15 is 0 Å². The Kier molecular flexibility index (Phi) is 6.29. The van der Waals surface area contributed by atoms with Crippen LogP contribution in [0.5, 0.6) is 0 Å². The molecule has 1 amide bonds. The number of amides is 1. The zero-order valence-corrected chi connectivity index (χ0v) is 18.5. The standard InChI is InChI=1S/C25H23ClN4O2/c1-3-13-30-24(32)21-16-29(23(31)19-8-10-20(26)11-9-19)14-12-22(21)28-25(30)27-15-18-6-4-17(2)5-7-18/h1,4-11H,12-16H2,2H3,(H,27,28). The predicted octanol–water partition coefficient (Wildman–Crippen LogP) is 3.65. The number of aromatic nitrogens is 2. The molecule has 0 bridgehead atoms. The molecule has 0 fully saturated rings. The highest BCUT2D eigenvalue weighted by Crippen LogP contribution is 2.20. The van der Waals surface area contributed by atoms with E-state index in [1.807, 2.05) is 31.2 Å². The molecule has 4 rings (SSSR count). The van der Waals surface area contributed by atoms with Crippen LogP contribution in [0.25, 0.3) is 0 Å². The molecule has 7 heteroatoms. The van der Waals surface area contributed by atoms with Crippen molar-refractivity contribution in [3.05, 3.63) is 91.9 Å². The number of nitrogens with one attached hydrogen (secondary N) is 1. The van der Waals surface area contributed by atoms with Crippen LogP contribution < -0.4 is 10.9 Å². The summed E-state index contributed by atoms with van der Waals surface area (Å²) in [6.07, 6.45) is 6.02. The lowest BCUT2D eigenvalue weighted by molar-refractivity contribution is 0.0732. The second-order valence-corrected chi connectivity index (χ2v) is 8.22. The molecule has 2 aromatic carbocycles. The van der Waals surface area contributed by atoms with Crippen LogP contribution in [0.2, 0.25) is 5.02 Å². The number of fused-ring (bicyclic) bond motifs is 1. The summed E-state index contributed by atoms with van der Waals surface area (Å²) in [7, 11) is 0. The number of carbonyl (C=O) groups excluding carboxylic acids is 1. The molecule has 6 nitrogen and oxygen atoms in total. The lowest BCUT2D eigenvalue weighted by Crippen LogP contribution is -2.41. The summed E-state index contributed by atoms with van der Waals surface area (Å²) in [4.78, 5) is 32.5. The van der Waals surface area contributed by atoms with Crippen LogP contribution in [0.4, 0.5) is 5.95 Å². The van der Waals surface area contributed by atoms with E-state index in [-0.39, 0.29) is 24.6 Å². The molecular weight excluding hydrogens is 424 g/mol. The average Bonchev–Trinajstić information content (AvgIpc) is 2.81. The van der Waals surface area contributed by atoms with Crippen LogP contribution in [-0.2, 0) is 26.1 Å². The Morgan fingerprint density at radius 1 is 1.19 bits per heavy atom. The fraction of sp³-hybridized carbons (Fsp3) is 0.240. The van der Waals surface area contributed by atoms with E-state index in [0.29, 0.717) is 47.3 Å². The maximum atomic E-state index is 13.3. The lowest BCUT2D eigenvalue weighted by Gasteiger charge is -2.29. The maximum absolute atomic E-state index is 13.3. The quantitative estimate of drug-likeness (QED) is 0.607. The second kappa shape index (κ2) is 9.29. The first kappa shape index (κ1) is 21.7. The predicted molar refractivity (Wildman–Crippen MR) is 126 cm³/mol. The zero-order chi connectivity index (χ0) is 22.7. The molecule has 162 valence electrons. The fourth-order valence-electron chi connectivity index (χ4n) is 3.72. The number of nitrogens with zero attached hydrogens (tertiary/aromatic N) is 3. The van der Waals surface area contributed by atoms with Gasteiger partial charge in [-0.1, -0.05) is 47.4 Å². The third kappa shape index (κ3) is 4.53. The van der Waals surface area contributed by atoms with E-state index < -0.39 is 0 Å². The zero-order valence-electron chi connectivity index (χ0n) is 17.8. The van der Waals surface area contributed by atoms with Crippen LogP contribution in [-0.4, -0.2) is 26.9 Å². The van der Waals surface area contributed by atoms with Crippen LogP contribution in [0.15, 0.2) is 53.3 Å². The summed E-state index contributed by atoms with van der Waals surface area (Å²) in [5, 5.41) is 3.82. The molecule has 0 saturated heterocycles. The number of hydrogen-bond donors (Lipinski definition) is 1. The molecule has 0 saturated carbocycles. The molecule has 0 spiro atoms. The maximum Gasteiger partial charge on any atom is 0.261 e. The summed E-state index contributed by atoms with van der Waals surface area (Å²) in [5.74, 6) is 2.84. The van der Waals surface area contributed by atoms with E-state index in [2.05, 4.69) is 11.2 Å². The van der Waals surface area contributed by atoms with Crippen molar-refractivity contribution >= 4 is 23.5 Å². The number of hydrogen-bond acceptors (Lipinski definition) is 4. The van der Waals surface area contributed by atoms with Gasteiger partial charge in [0, 0.05) is 30.1 Å². The topological polar surface area (TPSA) is 67.2 Å². The summed E-state index contributed by atoms with van der Waals surface area (Å²) in [5.41, 5.74) is 3.79. The summed E-state index contributed by atoms with van der Waals surface area (Å²) >= 11 is 5.92. The van der Waals surface area contributed by atoms with Crippen molar-refractivity contribution in [3.8, 4) is 12.3 Å². The normalized spacial score (nSPS) is 12.7. The van der Waals surface area contributed by atoms with Crippen molar-refractivity contribution in [1.82, 2.24) is 14.5 Å². The molecule has 32 heavy (non-hydrogen) atoms. The van der Waals surface area contributed by atoms with Crippen molar-refractivity contribution in [1.29, 1.82) is 0 Å². The van der Waals surface area contributed by atoms with Crippen LogP contribution >= 0.6 is 11.6 Å². The van der Waals surface area contributed by atoms with E-state index in [0.717, 1.165) is 5.56 Å². The number of carbonyl (C=O) groups is 1. The molecule has 0 unspecified atom stereocenters. The van der Waals surface area contributed by atoms with Crippen molar-refractivity contribution in [2.45, 2.75) is 33.0 Å². The molecule has 1 aromatic heterocycles. The average molecular weight is 447 g/mol. The minimum absolute atomic E-state index is 0.0977. The SMILES string of the molecule is C#CCn1c(NCc2ccc(C)cc2)nc2c(c1=O)CN(C(=O)c1ccc(Cl)cc1)CC2. The van der Waals surface area contributed by atoms with Gasteiger partial charge in [0.05, 0.1) is 24.3 Å². The van der Waals surface area contributed by atoms with Gasteiger partial charge in [-0.05, 0) is 36.8 Å². The number of anilines is 1. The van der Waals surface area contributed by atoms with Gasteiger partial charge >= 0.3 is 0 Å². The highest BCUT2D eigenvalue weighted by atomic mass is 35.5. The van der Waals surface area contributed by atoms with Crippen LogP contribution in [0, 0.1) is 19.3 Å². The van der Waals surface area contributed by atoms with Crippen molar-refractivity contribution < 1.29 is 4.79 Å². The monoisotopic (exact) mass is 446 g/mol. The fourth-order valence-corrected chi connectivity index (χ4v) is 3.85. The molecule has 1 N–H and O–H groups in total. The van der Waals surface area contributed by atoms with Crippen LogP contribution in [0.3, 0.4) is 0 Å². The van der Waals surface area contributed by atoms with Gasteiger partial charge in [0.25, 0.3) is 11.5 Å². The first-order valence-electron chi connectivity index (χ1n) is 10.4. The summed E-state index contributed by atoms with van der Waals surface area (Å²) in [6, 6.07) is 14.9. The highest BCUT2D eigenvalue weighted by molar-refractivity contribution is 6.30. The van der Waals surface area contributed by atoms with E-state index in [1.165, 1.54) is 10.1 Å². The van der Waals surface area contributed by atoms with Gasteiger partial charge in [0.1, 0.15) is 0 Å². The van der Waals surface area contributed by atoms with E-state index in [4.69, 9.17) is 23.0 Å². The molecule has 3 aromatic rings. The lowest BCUT2D eigenvalue weighted by atomic mass is 10.1. The Balaban J connectivity index is 1.59. The first-order valence-corrected chi connectivity index (χ1v) is 10.7. The molecule has 0 aliphatic carbocycles. The third-order valence-corrected chi connectivity index (χ3v) is 5.77.